The van der Waals surface area contributed by atoms with Crippen LogP contribution in [0.2, 0.25) is 0 Å². The van der Waals surface area contributed by atoms with Crippen molar-refractivity contribution >= 4 is 27.4 Å². The monoisotopic (exact) mass is 478 g/mol. The van der Waals surface area contributed by atoms with Crippen LogP contribution in [0.1, 0.15) is 19.8 Å². The Balaban J connectivity index is 1.65. The molecule has 0 radical (unpaired) electrons. The van der Waals surface area contributed by atoms with Crippen molar-refractivity contribution in [3.05, 3.63) is 72.1 Å². The topological polar surface area (TPSA) is 70.5 Å². The van der Waals surface area contributed by atoms with Crippen molar-refractivity contribution in [2.24, 2.45) is 0 Å². The summed E-state index contributed by atoms with van der Waals surface area (Å²) in [6.07, 6.45) is 1.80. The van der Waals surface area contributed by atoms with E-state index < -0.39 is 12.3 Å². The molecule has 1 aliphatic rings. The van der Waals surface area contributed by atoms with E-state index in [0.29, 0.717) is 5.75 Å². The van der Waals surface area contributed by atoms with Crippen molar-refractivity contribution in [1.82, 2.24) is 15.3 Å². The van der Waals surface area contributed by atoms with Crippen LogP contribution in [-0.2, 0) is 0 Å². The molecule has 2 aromatic carbocycles. The number of fused-ring (bicyclic) bond motifs is 1. The largest absolute Gasteiger partial charge is 0.468 e. The number of thiophene rings is 1. The Bertz CT molecular complexity index is 1230. The van der Waals surface area contributed by atoms with Crippen LogP contribution in [0, 0.1) is 5.82 Å². The Kier molecular flexibility index (Phi) is 6.71. The molecule has 176 valence electrons. The third-order valence-electron chi connectivity index (χ3n) is 6.14. The average Bonchev–Trinajstić information content (AvgIpc) is 3.31. The van der Waals surface area contributed by atoms with Gasteiger partial charge >= 0.3 is 0 Å². The highest BCUT2D eigenvalue weighted by molar-refractivity contribution is 7.17. The maximum absolute atomic E-state index is 13.5. The van der Waals surface area contributed by atoms with Gasteiger partial charge < -0.3 is 20.1 Å². The molecule has 1 saturated heterocycles. The zero-order valence-corrected chi connectivity index (χ0v) is 19.7. The number of nitrogens with one attached hydrogen (secondary N) is 1. The second-order valence-electron chi connectivity index (χ2n) is 8.48. The summed E-state index contributed by atoms with van der Waals surface area (Å²) in [6.45, 7) is 3.45. The minimum absolute atomic E-state index is 0.0999. The summed E-state index contributed by atoms with van der Waals surface area (Å²) in [5, 5.41) is 17.4. The lowest BCUT2D eigenvalue weighted by molar-refractivity contribution is 0.0386. The van der Waals surface area contributed by atoms with Crippen LogP contribution in [0.15, 0.2) is 66.3 Å². The van der Waals surface area contributed by atoms with E-state index in [2.05, 4.69) is 32.7 Å². The molecule has 0 amide bonds. The van der Waals surface area contributed by atoms with Gasteiger partial charge in [0.2, 0.25) is 0 Å². The van der Waals surface area contributed by atoms with Gasteiger partial charge in [-0.3, -0.25) is 0 Å². The van der Waals surface area contributed by atoms with Crippen LogP contribution in [0.5, 0.6) is 5.75 Å². The number of ether oxygens (including phenoxy) is 1. The highest BCUT2D eigenvalue weighted by atomic mass is 32.1. The maximum atomic E-state index is 13.5. The van der Waals surface area contributed by atoms with E-state index in [-0.39, 0.29) is 11.9 Å². The minimum Gasteiger partial charge on any atom is -0.468 e. The lowest BCUT2D eigenvalue weighted by Crippen LogP contribution is -2.55. The number of rotatable bonds is 7. The molecule has 2 atom stereocenters. The second-order valence-corrected chi connectivity index (χ2v) is 9.34. The summed E-state index contributed by atoms with van der Waals surface area (Å²) in [5.41, 5.74) is 2.14. The van der Waals surface area contributed by atoms with Crippen molar-refractivity contribution in [3.63, 3.8) is 0 Å². The molecule has 0 saturated carbocycles. The van der Waals surface area contributed by atoms with Gasteiger partial charge in [-0.2, -0.15) is 0 Å². The number of benzene rings is 2. The maximum Gasteiger partial charge on any atom is 0.199 e. The third-order valence-corrected chi connectivity index (χ3v) is 7.03. The Hall–Kier alpha value is -3.07. The predicted octanol–water partition coefficient (Wildman–Crippen LogP) is 4.84. The fourth-order valence-corrected chi connectivity index (χ4v) is 5.42. The van der Waals surface area contributed by atoms with E-state index in [9.17, 15) is 9.50 Å². The fourth-order valence-electron chi connectivity index (χ4n) is 4.51. The van der Waals surface area contributed by atoms with Gasteiger partial charge in [0.15, 0.2) is 6.23 Å². The lowest BCUT2D eigenvalue weighted by atomic mass is 10.0. The first-order chi connectivity index (χ1) is 16.6. The van der Waals surface area contributed by atoms with Crippen LogP contribution in [0.25, 0.3) is 21.3 Å². The smallest absolute Gasteiger partial charge is 0.199 e. The van der Waals surface area contributed by atoms with Gasteiger partial charge in [0, 0.05) is 17.0 Å². The van der Waals surface area contributed by atoms with E-state index in [0.717, 1.165) is 53.1 Å². The number of aromatic nitrogens is 2. The number of hydrogen-bond acceptors (Lipinski definition) is 7. The molecule has 1 fully saturated rings. The lowest BCUT2D eigenvalue weighted by Gasteiger charge is -2.42. The molecule has 0 spiro atoms. The molecule has 34 heavy (non-hydrogen) atoms. The highest BCUT2D eigenvalue weighted by Crippen LogP contribution is 2.40. The van der Waals surface area contributed by atoms with Gasteiger partial charge in [-0.25, -0.2) is 14.4 Å². The van der Waals surface area contributed by atoms with Crippen LogP contribution in [0.3, 0.4) is 0 Å². The summed E-state index contributed by atoms with van der Waals surface area (Å²) in [4.78, 5) is 12.3. The second kappa shape index (κ2) is 10.0. The van der Waals surface area contributed by atoms with Crippen molar-refractivity contribution in [2.75, 3.05) is 18.0 Å². The molecular weight excluding hydrogens is 451 g/mol. The highest BCUT2D eigenvalue weighted by Gasteiger charge is 2.35. The standard InChI is InChI=1S/C26H27FN4O2S/c1-17(32)26(33-21-9-7-19(27)8-10-21)31(20-11-13-28-14-12-20)24-23-22(18-5-3-2-4-6-18)15-34-25(23)30-16-29-24/h2-10,15-17,20,26,28,32H,11-14H2,1H3. The van der Waals surface area contributed by atoms with E-state index in [1.807, 2.05) is 18.2 Å². The van der Waals surface area contributed by atoms with Gasteiger partial charge in [0.25, 0.3) is 0 Å². The molecule has 2 unspecified atom stereocenters. The van der Waals surface area contributed by atoms with Crippen LogP contribution in [-0.4, -0.2) is 46.5 Å². The Morgan fingerprint density at radius 2 is 1.82 bits per heavy atom. The zero-order valence-electron chi connectivity index (χ0n) is 18.9. The third kappa shape index (κ3) is 4.61. The van der Waals surface area contributed by atoms with Crippen molar-refractivity contribution in [3.8, 4) is 16.9 Å². The van der Waals surface area contributed by atoms with Crippen molar-refractivity contribution in [2.45, 2.75) is 38.1 Å². The number of hydrogen-bond donors (Lipinski definition) is 2. The first-order valence-corrected chi connectivity index (χ1v) is 12.4. The Morgan fingerprint density at radius 3 is 2.53 bits per heavy atom. The molecular formula is C26H27FN4O2S. The summed E-state index contributed by atoms with van der Waals surface area (Å²) >= 11 is 1.58. The SMILES string of the molecule is CC(O)C(Oc1ccc(F)cc1)N(c1ncnc2scc(-c3ccccc3)c12)C1CCNCC1. The van der Waals surface area contributed by atoms with Gasteiger partial charge in [-0.1, -0.05) is 30.3 Å². The number of nitrogens with zero attached hydrogens (tertiary/aromatic N) is 3. The molecule has 0 bridgehead atoms. The molecule has 1 aliphatic heterocycles. The van der Waals surface area contributed by atoms with E-state index in [1.165, 1.54) is 12.1 Å². The average molecular weight is 479 g/mol. The van der Waals surface area contributed by atoms with Crippen LogP contribution in [0.4, 0.5) is 10.2 Å². The normalized spacial score (nSPS) is 16.3. The molecule has 8 heteroatoms. The van der Waals surface area contributed by atoms with E-state index in [4.69, 9.17) is 9.72 Å². The van der Waals surface area contributed by atoms with Crippen molar-refractivity contribution < 1.29 is 14.2 Å². The summed E-state index contributed by atoms with van der Waals surface area (Å²) < 4.78 is 19.8. The molecule has 3 heterocycles. The van der Waals surface area contributed by atoms with E-state index >= 15 is 0 Å². The number of halogens is 1. The number of aliphatic hydroxyl groups is 1. The summed E-state index contributed by atoms with van der Waals surface area (Å²) in [6, 6.07) is 16.2. The molecule has 2 aromatic heterocycles. The number of piperidine rings is 1. The zero-order chi connectivity index (χ0) is 23.5. The summed E-state index contributed by atoms with van der Waals surface area (Å²) in [7, 11) is 0. The quantitative estimate of drug-likeness (QED) is 0.371. The molecule has 0 aliphatic carbocycles. The van der Waals surface area contributed by atoms with Gasteiger partial charge in [0.1, 0.15) is 34.6 Å². The Morgan fingerprint density at radius 1 is 1.09 bits per heavy atom. The van der Waals surface area contributed by atoms with Crippen LogP contribution >= 0.6 is 11.3 Å². The first kappa shape index (κ1) is 22.7. The van der Waals surface area contributed by atoms with Gasteiger partial charge in [0.05, 0.1) is 5.39 Å². The fraction of sp³-hybridized carbons (Fsp3) is 0.308. The number of aliphatic hydroxyl groups excluding tert-OH is 1. The molecule has 6 nitrogen and oxygen atoms in total. The van der Waals surface area contributed by atoms with Crippen molar-refractivity contribution in [1.29, 1.82) is 0 Å². The summed E-state index contributed by atoms with van der Waals surface area (Å²) in [5.74, 6) is 0.898. The van der Waals surface area contributed by atoms with Crippen LogP contribution < -0.4 is 15.0 Å². The molecule has 5 rings (SSSR count). The first-order valence-electron chi connectivity index (χ1n) is 11.5. The minimum atomic E-state index is -0.830. The predicted molar refractivity (Wildman–Crippen MR) is 134 cm³/mol. The number of anilines is 1. The van der Waals surface area contributed by atoms with E-state index in [1.54, 1.807) is 36.7 Å². The van der Waals surface area contributed by atoms with Gasteiger partial charge in [-0.05, 0) is 62.7 Å². The van der Waals surface area contributed by atoms with Gasteiger partial charge in [-0.15, -0.1) is 11.3 Å². The molecule has 4 aromatic rings. The molecule has 2 N–H and O–H groups in total. The Labute approximate surface area is 202 Å².